The molecule has 0 aliphatic heterocycles. The summed E-state index contributed by atoms with van der Waals surface area (Å²) in [6.07, 6.45) is 2.84. The molecule has 0 aliphatic rings. The SMILES string of the molecule is CCCOC(=O)c1c(NC(=O)c2ccccc2)sc(C)c1-c1ccc(CCC)cc1. The lowest BCUT2D eigenvalue weighted by Gasteiger charge is -2.10. The zero-order valence-electron chi connectivity index (χ0n) is 17.7. The molecule has 1 N–H and O–H groups in total. The van der Waals surface area contributed by atoms with Gasteiger partial charge in [-0.1, -0.05) is 62.7 Å². The van der Waals surface area contributed by atoms with Crippen LogP contribution in [-0.2, 0) is 11.2 Å². The van der Waals surface area contributed by atoms with Crippen LogP contribution >= 0.6 is 11.3 Å². The average molecular weight is 422 g/mol. The molecule has 3 rings (SSSR count). The quantitative estimate of drug-likeness (QED) is 0.423. The first kappa shape index (κ1) is 21.8. The van der Waals surface area contributed by atoms with E-state index in [0.717, 1.165) is 35.3 Å². The topological polar surface area (TPSA) is 55.4 Å². The first-order chi connectivity index (χ1) is 14.5. The molecule has 1 amide bonds. The number of carbonyl (C=O) groups excluding carboxylic acids is 2. The van der Waals surface area contributed by atoms with Crippen LogP contribution in [-0.4, -0.2) is 18.5 Å². The monoisotopic (exact) mass is 421 g/mol. The Morgan fingerprint density at radius 1 is 0.967 bits per heavy atom. The van der Waals surface area contributed by atoms with Gasteiger partial charge in [0.2, 0.25) is 0 Å². The maximum Gasteiger partial charge on any atom is 0.341 e. The van der Waals surface area contributed by atoms with E-state index in [1.54, 1.807) is 12.1 Å². The van der Waals surface area contributed by atoms with Crippen LogP contribution in [0.4, 0.5) is 5.00 Å². The maximum atomic E-state index is 13.0. The van der Waals surface area contributed by atoms with Gasteiger partial charge in [-0.25, -0.2) is 4.79 Å². The van der Waals surface area contributed by atoms with Gasteiger partial charge in [0.25, 0.3) is 5.91 Å². The minimum absolute atomic E-state index is 0.244. The van der Waals surface area contributed by atoms with Crippen LogP contribution in [0.5, 0.6) is 0 Å². The van der Waals surface area contributed by atoms with Crippen LogP contribution in [0.2, 0.25) is 0 Å². The number of hydrogen-bond donors (Lipinski definition) is 1. The molecule has 5 heteroatoms. The van der Waals surface area contributed by atoms with E-state index in [0.29, 0.717) is 22.7 Å². The lowest BCUT2D eigenvalue weighted by molar-refractivity contribution is 0.0507. The highest BCUT2D eigenvalue weighted by atomic mass is 32.1. The third-order valence-electron chi connectivity index (χ3n) is 4.77. The number of benzene rings is 2. The van der Waals surface area contributed by atoms with Crippen LogP contribution in [0.1, 0.15) is 57.8 Å². The molecule has 0 atom stereocenters. The van der Waals surface area contributed by atoms with Gasteiger partial charge in [0, 0.05) is 16.0 Å². The minimum atomic E-state index is -0.405. The smallest absolute Gasteiger partial charge is 0.341 e. The summed E-state index contributed by atoms with van der Waals surface area (Å²) in [6.45, 7) is 6.42. The molecule has 0 saturated heterocycles. The fourth-order valence-electron chi connectivity index (χ4n) is 3.33. The molecule has 30 heavy (non-hydrogen) atoms. The van der Waals surface area contributed by atoms with Crippen LogP contribution < -0.4 is 5.32 Å². The number of nitrogens with one attached hydrogen (secondary N) is 1. The van der Waals surface area contributed by atoms with Gasteiger partial charge in [-0.05, 0) is 43.0 Å². The van der Waals surface area contributed by atoms with Crippen molar-refractivity contribution in [3.8, 4) is 11.1 Å². The van der Waals surface area contributed by atoms with E-state index < -0.39 is 5.97 Å². The van der Waals surface area contributed by atoms with Crippen molar-refractivity contribution in [2.75, 3.05) is 11.9 Å². The van der Waals surface area contributed by atoms with Crippen LogP contribution in [0.25, 0.3) is 11.1 Å². The summed E-state index contributed by atoms with van der Waals surface area (Å²) in [4.78, 5) is 26.6. The largest absolute Gasteiger partial charge is 0.462 e. The zero-order chi connectivity index (χ0) is 21.5. The molecular formula is C25H27NO3S. The number of hydrogen-bond acceptors (Lipinski definition) is 4. The Labute approximate surface area is 181 Å². The summed E-state index contributed by atoms with van der Waals surface area (Å²) < 4.78 is 5.46. The lowest BCUT2D eigenvalue weighted by atomic mass is 9.99. The molecular weight excluding hydrogens is 394 g/mol. The fourth-order valence-corrected chi connectivity index (χ4v) is 4.39. The molecule has 3 aromatic rings. The number of anilines is 1. The standard InChI is InChI=1S/C25H27NO3S/c1-4-9-18-12-14-19(15-13-18)21-17(3)30-24(22(21)25(28)29-16-5-2)26-23(27)20-10-7-6-8-11-20/h6-8,10-15H,4-5,9,16H2,1-3H3,(H,26,27). The number of carbonyl (C=O) groups is 2. The van der Waals surface area contributed by atoms with Gasteiger partial charge in [-0.2, -0.15) is 0 Å². The van der Waals surface area contributed by atoms with Crippen LogP contribution in [0.3, 0.4) is 0 Å². The van der Waals surface area contributed by atoms with Crippen molar-refractivity contribution in [2.24, 2.45) is 0 Å². The number of amides is 1. The van der Waals surface area contributed by atoms with Gasteiger partial charge < -0.3 is 10.1 Å². The Bertz CT molecular complexity index is 1010. The first-order valence-corrected chi connectivity index (χ1v) is 11.1. The molecule has 0 fully saturated rings. The summed E-state index contributed by atoms with van der Waals surface area (Å²) in [5.74, 6) is -0.650. The second kappa shape index (κ2) is 10.2. The van der Waals surface area contributed by atoms with Crippen molar-refractivity contribution >= 4 is 28.2 Å². The van der Waals surface area contributed by atoms with Crippen molar-refractivity contribution in [1.82, 2.24) is 0 Å². The number of esters is 1. The number of rotatable bonds is 8. The van der Waals surface area contributed by atoms with E-state index in [1.807, 2.05) is 44.2 Å². The van der Waals surface area contributed by atoms with Gasteiger partial charge in [0.05, 0.1) is 6.61 Å². The molecule has 0 saturated carbocycles. The first-order valence-electron chi connectivity index (χ1n) is 10.3. The predicted molar refractivity (Wildman–Crippen MR) is 123 cm³/mol. The average Bonchev–Trinajstić information content (AvgIpc) is 3.09. The van der Waals surface area contributed by atoms with E-state index in [1.165, 1.54) is 16.9 Å². The summed E-state index contributed by atoms with van der Waals surface area (Å²) in [5.41, 5.74) is 4.02. The molecule has 0 bridgehead atoms. The van der Waals surface area contributed by atoms with E-state index in [4.69, 9.17) is 4.74 Å². The third kappa shape index (κ3) is 4.97. The normalized spacial score (nSPS) is 10.6. The molecule has 4 nitrogen and oxygen atoms in total. The van der Waals surface area contributed by atoms with Gasteiger partial charge in [-0.3, -0.25) is 4.79 Å². The van der Waals surface area contributed by atoms with Crippen molar-refractivity contribution in [3.05, 3.63) is 76.2 Å². The molecule has 1 aromatic heterocycles. The van der Waals surface area contributed by atoms with E-state index in [-0.39, 0.29) is 5.91 Å². The van der Waals surface area contributed by atoms with Crippen LogP contribution in [0, 0.1) is 6.92 Å². The number of aryl methyl sites for hydroxylation is 2. The summed E-state index contributed by atoms with van der Waals surface area (Å²) in [7, 11) is 0. The Kier molecular flexibility index (Phi) is 7.41. The van der Waals surface area contributed by atoms with E-state index >= 15 is 0 Å². The molecule has 0 aliphatic carbocycles. The number of ether oxygens (including phenoxy) is 1. The summed E-state index contributed by atoms with van der Waals surface area (Å²) in [6, 6.07) is 17.3. The summed E-state index contributed by atoms with van der Waals surface area (Å²) in [5, 5.41) is 3.45. The highest BCUT2D eigenvalue weighted by molar-refractivity contribution is 7.17. The Morgan fingerprint density at radius 2 is 1.67 bits per heavy atom. The maximum absolute atomic E-state index is 13.0. The zero-order valence-corrected chi connectivity index (χ0v) is 18.5. The van der Waals surface area contributed by atoms with Gasteiger partial charge in [0.15, 0.2) is 0 Å². The molecule has 2 aromatic carbocycles. The van der Waals surface area contributed by atoms with Gasteiger partial charge in [0.1, 0.15) is 10.6 Å². The molecule has 0 radical (unpaired) electrons. The molecule has 0 spiro atoms. The lowest BCUT2D eigenvalue weighted by Crippen LogP contribution is -2.15. The Hall–Kier alpha value is -2.92. The van der Waals surface area contributed by atoms with Crippen molar-refractivity contribution < 1.29 is 14.3 Å². The summed E-state index contributed by atoms with van der Waals surface area (Å²) >= 11 is 1.40. The second-order valence-electron chi connectivity index (χ2n) is 7.14. The van der Waals surface area contributed by atoms with Crippen molar-refractivity contribution in [2.45, 2.75) is 40.0 Å². The van der Waals surface area contributed by atoms with Crippen LogP contribution in [0.15, 0.2) is 54.6 Å². The van der Waals surface area contributed by atoms with E-state index in [9.17, 15) is 9.59 Å². The predicted octanol–water partition coefficient (Wildman–Crippen LogP) is 6.50. The highest BCUT2D eigenvalue weighted by Gasteiger charge is 2.25. The van der Waals surface area contributed by atoms with Crippen molar-refractivity contribution in [3.63, 3.8) is 0 Å². The third-order valence-corrected chi connectivity index (χ3v) is 5.79. The fraction of sp³-hybridized carbons (Fsp3) is 0.280. The minimum Gasteiger partial charge on any atom is -0.462 e. The van der Waals surface area contributed by atoms with Gasteiger partial charge >= 0.3 is 5.97 Å². The number of thiophene rings is 1. The highest BCUT2D eigenvalue weighted by Crippen LogP contribution is 2.40. The van der Waals surface area contributed by atoms with Crippen molar-refractivity contribution in [1.29, 1.82) is 0 Å². The molecule has 156 valence electrons. The Morgan fingerprint density at radius 3 is 2.30 bits per heavy atom. The van der Waals surface area contributed by atoms with E-state index in [2.05, 4.69) is 24.4 Å². The molecule has 1 heterocycles. The molecule has 0 unspecified atom stereocenters. The van der Waals surface area contributed by atoms with Gasteiger partial charge in [-0.15, -0.1) is 11.3 Å². The Balaban J connectivity index is 2.01. The second-order valence-corrected chi connectivity index (χ2v) is 8.37.